The molecule has 1 aromatic heterocycles. The number of hydrogen-bond donors (Lipinski definition) is 2. The summed E-state index contributed by atoms with van der Waals surface area (Å²) >= 11 is 0. The summed E-state index contributed by atoms with van der Waals surface area (Å²) in [5, 5.41) is 3.20. The molecule has 2 N–H and O–H groups in total. The Morgan fingerprint density at radius 1 is 0.646 bits per heavy atom. The second-order valence-corrected chi connectivity index (χ2v) is 11.5. The van der Waals surface area contributed by atoms with E-state index in [9.17, 15) is 14.4 Å². The molecular formula is C41H36N4O3. The number of carbonyl (C=O) groups excluding carboxylic acids is 3. The van der Waals surface area contributed by atoms with Gasteiger partial charge in [-0.1, -0.05) is 140 Å². The van der Waals surface area contributed by atoms with Crippen molar-refractivity contribution in [1.29, 1.82) is 0 Å². The highest BCUT2D eigenvalue weighted by atomic mass is 16.2. The molecule has 0 aliphatic rings. The van der Waals surface area contributed by atoms with Crippen molar-refractivity contribution in [3.63, 3.8) is 0 Å². The molecule has 0 saturated carbocycles. The lowest BCUT2D eigenvalue weighted by atomic mass is 9.91. The van der Waals surface area contributed by atoms with Crippen LogP contribution >= 0.6 is 0 Å². The fraction of sp³-hybridized carbons (Fsp3) is 0.122. The Hall–Kier alpha value is -6.08. The molecule has 6 rings (SSSR count). The predicted octanol–water partition coefficient (Wildman–Crippen LogP) is 7.02. The van der Waals surface area contributed by atoms with Gasteiger partial charge in [0.15, 0.2) is 5.78 Å². The van der Waals surface area contributed by atoms with Gasteiger partial charge in [-0.2, -0.15) is 0 Å². The van der Waals surface area contributed by atoms with E-state index in [0.717, 1.165) is 16.8 Å². The van der Waals surface area contributed by atoms with Gasteiger partial charge in [-0.3, -0.25) is 14.4 Å². The number of aromatic amines is 1. The number of nitrogens with zero attached hydrogens (tertiary/aromatic N) is 2. The van der Waals surface area contributed by atoms with Crippen LogP contribution in [0.2, 0.25) is 0 Å². The third kappa shape index (κ3) is 7.48. The number of carbonyl (C=O) groups is 3. The lowest BCUT2D eigenvalue weighted by Gasteiger charge is -2.32. The monoisotopic (exact) mass is 632 g/mol. The molecule has 5 aromatic carbocycles. The van der Waals surface area contributed by atoms with Crippen LogP contribution in [0.15, 0.2) is 158 Å². The summed E-state index contributed by atoms with van der Waals surface area (Å²) in [4.78, 5) is 51.7. The lowest BCUT2D eigenvalue weighted by molar-refractivity contribution is -0.126. The molecule has 1 unspecified atom stereocenters. The van der Waals surface area contributed by atoms with E-state index in [1.807, 2.05) is 72.8 Å². The van der Waals surface area contributed by atoms with Gasteiger partial charge in [0, 0.05) is 48.4 Å². The van der Waals surface area contributed by atoms with Crippen LogP contribution in [-0.2, 0) is 11.2 Å². The second-order valence-electron chi connectivity index (χ2n) is 11.5. The zero-order valence-corrected chi connectivity index (χ0v) is 26.4. The zero-order valence-electron chi connectivity index (χ0n) is 26.4. The van der Waals surface area contributed by atoms with Crippen molar-refractivity contribution < 1.29 is 14.4 Å². The van der Waals surface area contributed by atoms with Crippen molar-refractivity contribution in [1.82, 2.24) is 20.2 Å². The molecule has 0 aliphatic carbocycles. The number of imidazole rings is 1. The average molecular weight is 633 g/mol. The van der Waals surface area contributed by atoms with E-state index in [4.69, 9.17) is 0 Å². The maximum Gasteiger partial charge on any atom is 0.255 e. The number of H-pyrrole nitrogens is 1. The molecule has 6 aromatic rings. The van der Waals surface area contributed by atoms with Gasteiger partial charge in [0.2, 0.25) is 5.91 Å². The van der Waals surface area contributed by atoms with Crippen LogP contribution in [0.3, 0.4) is 0 Å². The first-order valence-electron chi connectivity index (χ1n) is 16.0. The Balaban J connectivity index is 1.37. The van der Waals surface area contributed by atoms with Crippen LogP contribution in [0.1, 0.15) is 60.6 Å². The van der Waals surface area contributed by atoms with Crippen molar-refractivity contribution in [2.24, 2.45) is 0 Å². The summed E-state index contributed by atoms with van der Waals surface area (Å²) in [5.41, 5.74) is 4.61. The second kappa shape index (κ2) is 15.5. The Labute approximate surface area is 280 Å². The molecule has 0 fully saturated rings. The van der Waals surface area contributed by atoms with Crippen molar-refractivity contribution >= 4 is 17.6 Å². The molecule has 0 radical (unpaired) electrons. The lowest BCUT2D eigenvalue weighted by Crippen LogP contribution is -2.46. The van der Waals surface area contributed by atoms with Gasteiger partial charge in [0.25, 0.3) is 5.91 Å². The molecular weight excluding hydrogens is 596 g/mol. The van der Waals surface area contributed by atoms with Gasteiger partial charge in [-0.15, -0.1) is 0 Å². The van der Waals surface area contributed by atoms with Crippen LogP contribution in [0.25, 0.3) is 0 Å². The SMILES string of the molecule is O=C(c1ccccc1)c1ccccc1C(=O)N(CCc1cnc[nH]1)C(C(=O)NCC(c1ccccc1)c1ccccc1)c1ccccc1. The predicted molar refractivity (Wildman–Crippen MR) is 187 cm³/mol. The van der Waals surface area contributed by atoms with Crippen molar-refractivity contribution in [2.45, 2.75) is 18.4 Å². The average Bonchev–Trinajstić information content (AvgIpc) is 3.68. The van der Waals surface area contributed by atoms with Gasteiger partial charge >= 0.3 is 0 Å². The first-order valence-corrected chi connectivity index (χ1v) is 16.0. The molecule has 0 spiro atoms. The number of ketones is 1. The Bertz CT molecular complexity index is 1890. The topological polar surface area (TPSA) is 95.2 Å². The van der Waals surface area contributed by atoms with Gasteiger partial charge < -0.3 is 15.2 Å². The number of aromatic nitrogens is 2. The van der Waals surface area contributed by atoms with E-state index in [-0.39, 0.29) is 35.3 Å². The van der Waals surface area contributed by atoms with E-state index >= 15 is 0 Å². The quantitative estimate of drug-likeness (QED) is 0.134. The van der Waals surface area contributed by atoms with E-state index in [1.54, 1.807) is 66.0 Å². The number of rotatable bonds is 13. The van der Waals surface area contributed by atoms with E-state index in [1.165, 1.54) is 0 Å². The molecule has 0 bridgehead atoms. The number of hydrogen-bond acceptors (Lipinski definition) is 4. The van der Waals surface area contributed by atoms with Crippen LogP contribution in [0, 0.1) is 0 Å². The fourth-order valence-corrected chi connectivity index (χ4v) is 5.98. The van der Waals surface area contributed by atoms with Gasteiger partial charge in [-0.05, 0) is 22.8 Å². The molecule has 1 atom stereocenters. The standard InChI is InChI=1S/C41H36N4O3/c46-39(33-21-11-4-12-22-33)35-23-13-14-24-36(35)41(48)45(26-25-34-27-42-29-44-34)38(32-19-9-3-10-20-32)40(47)43-28-37(30-15-5-1-6-16-30)31-17-7-2-8-18-31/h1-24,27,29,37-38H,25-26,28H2,(H,42,44)(H,43,47). The van der Waals surface area contributed by atoms with Crippen LogP contribution in [-0.4, -0.2) is 45.6 Å². The maximum absolute atomic E-state index is 14.7. The Morgan fingerprint density at radius 3 is 1.73 bits per heavy atom. The van der Waals surface area contributed by atoms with Crippen LogP contribution in [0.5, 0.6) is 0 Å². The van der Waals surface area contributed by atoms with Gasteiger partial charge in [0.05, 0.1) is 11.9 Å². The summed E-state index contributed by atoms with van der Waals surface area (Å²) in [6, 6.07) is 44.1. The first kappa shape index (κ1) is 31.9. The minimum atomic E-state index is -0.978. The molecule has 0 saturated heterocycles. The minimum absolute atomic E-state index is 0.105. The number of amides is 2. The van der Waals surface area contributed by atoms with Gasteiger partial charge in [0.1, 0.15) is 6.04 Å². The van der Waals surface area contributed by atoms with E-state index < -0.39 is 11.9 Å². The summed E-state index contributed by atoms with van der Waals surface area (Å²) in [7, 11) is 0. The molecule has 2 amide bonds. The minimum Gasteiger partial charge on any atom is -0.353 e. The third-order valence-corrected chi connectivity index (χ3v) is 8.44. The van der Waals surface area contributed by atoms with E-state index in [2.05, 4.69) is 39.6 Å². The highest BCUT2D eigenvalue weighted by Gasteiger charge is 2.34. The van der Waals surface area contributed by atoms with Gasteiger partial charge in [-0.25, -0.2) is 4.98 Å². The third-order valence-electron chi connectivity index (χ3n) is 8.44. The smallest absolute Gasteiger partial charge is 0.255 e. The Morgan fingerprint density at radius 2 is 1.17 bits per heavy atom. The number of benzene rings is 5. The molecule has 7 nitrogen and oxygen atoms in total. The van der Waals surface area contributed by atoms with E-state index in [0.29, 0.717) is 24.1 Å². The number of nitrogens with one attached hydrogen (secondary N) is 2. The molecule has 1 heterocycles. The first-order chi connectivity index (χ1) is 23.6. The van der Waals surface area contributed by atoms with Crippen molar-refractivity contribution in [2.75, 3.05) is 13.1 Å². The fourth-order valence-electron chi connectivity index (χ4n) is 5.98. The van der Waals surface area contributed by atoms with Crippen molar-refractivity contribution in [3.8, 4) is 0 Å². The normalized spacial score (nSPS) is 11.5. The molecule has 48 heavy (non-hydrogen) atoms. The Kier molecular flexibility index (Phi) is 10.3. The van der Waals surface area contributed by atoms with Crippen LogP contribution in [0.4, 0.5) is 0 Å². The molecule has 7 heteroatoms. The maximum atomic E-state index is 14.7. The summed E-state index contributed by atoms with van der Waals surface area (Å²) in [5.74, 6) is -1.10. The molecule has 238 valence electrons. The summed E-state index contributed by atoms with van der Waals surface area (Å²) in [6.07, 6.45) is 3.72. The van der Waals surface area contributed by atoms with Crippen molar-refractivity contribution in [3.05, 3.63) is 197 Å². The summed E-state index contributed by atoms with van der Waals surface area (Å²) in [6.45, 7) is 0.518. The largest absolute Gasteiger partial charge is 0.353 e. The van der Waals surface area contributed by atoms with Crippen LogP contribution < -0.4 is 5.32 Å². The highest BCUT2D eigenvalue weighted by Crippen LogP contribution is 2.28. The zero-order chi connectivity index (χ0) is 33.1. The molecule has 0 aliphatic heterocycles. The highest BCUT2D eigenvalue weighted by molar-refractivity contribution is 6.15. The summed E-state index contributed by atoms with van der Waals surface area (Å²) < 4.78 is 0.